The molecule has 0 aliphatic heterocycles. The van der Waals surface area contributed by atoms with Crippen LogP contribution in [0.4, 0.5) is 4.39 Å². The number of carbonyl (C=O) groups excluding carboxylic acids is 1. The molecular formula is C15H23FIN3O2. The van der Waals surface area contributed by atoms with Gasteiger partial charge in [0.05, 0.1) is 6.61 Å². The third-order valence-corrected chi connectivity index (χ3v) is 2.75. The first kappa shape index (κ1) is 20.6. The fourth-order valence-corrected chi connectivity index (χ4v) is 1.68. The zero-order valence-electron chi connectivity index (χ0n) is 12.9. The van der Waals surface area contributed by atoms with E-state index in [2.05, 4.69) is 15.6 Å². The van der Waals surface area contributed by atoms with Crippen LogP contribution in [0.15, 0.2) is 29.3 Å². The van der Waals surface area contributed by atoms with Crippen molar-refractivity contribution in [2.45, 2.75) is 26.3 Å². The number of nitrogens with zero attached hydrogens (tertiary/aromatic N) is 1. The minimum absolute atomic E-state index is 0. The van der Waals surface area contributed by atoms with Crippen LogP contribution in [-0.4, -0.2) is 32.1 Å². The van der Waals surface area contributed by atoms with Gasteiger partial charge in [-0.1, -0.05) is 12.1 Å². The van der Waals surface area contributed by atoms with Crippen molar-refractivity contribution in [3.63, 3.8) is 0 Å². The molecule has 1 aromatic rings. The minimum atomic E-state index is -0.250. The number of esters is 1. The summed E-state index contributed by atoms with van der Waals surface area (Å²) in [5.74, 6) is 0.206. The summed E-state index contributed by atoms with van der Waals surface area (Å²) in [6, 6.07) is 6.28. The largest absolute Gasteiger partial charge is 0.466 e. The average Bonchev–Trinajstić information content (AvgIpc) is 2.48. The van der Waals surface area contributed by atoms with Crippen molar-refractivity contribution in [1.29, 1.82) is 0 Å². The minimum Gasteiger partial charge on any atom is -0.466 e. The van der Waals surface area contributed by atoms with Gasteiger partial charge in [0.2, 0.25) is 0 Å². The lowest BCUT2D eigenvalue weighted by atomic mass is 10.2. The predicted octanol–water partition coefficient (Wildman–Crippen LogP) is 2.45. The molecule has 0 saturated heterocycles. The van der Waals surface area contributed by atoms with E-state index in [4.69, 9.17) is 4.74 Å². The standard InChI is InChI=1S/C15H22FN3O2.HI/c1-3-21-14(20)5-4-10-18-15(17-2)19-11-12-6-8-13(16)9-7-12;/h6-9H,3-5,10-11H2,1-2H3,(H2,17,18,19);1H. The maximum atomic E-state index is 12.8. The monoisotopic (exact) mass is 423 g/mol. The highest BCUT2D eigenvalue weighted by Crippen LogP contribution is 2.01. The molecular weight excluding hydrogens is 400 g/mol. The lowest BCUT2D eigenvalue weighted by Crippen LogP contribution is -2.37. The zero-order valence-corrected chi connectivity index (χ0v) is 15.2. The van der Waals surface area contributed by atoms with Crippen LogP contribution in [0.3, 0.4) is 0 Å². The molecule has 5 nitrogen and oxygen atoms in total. The van der Waals surface area contributed by atoms with Gasteiger partial charge in [-0.2, -0.15) is 0 Å². The van der Waals surface area contributed by atoms with Gasteiger partial charge in [-0.05, 0) is 31.0 Å². The zero-order chi connectivity index (χ0) is 15.5. The molecule has 1 rings (SSSR count). The molecule has 7 heteroatoms. The van der Waals surface area contributed by atoms with Crippen LogP contribution in [0, 0.1) is 5.82 Å². The molecule has 0 aliphatic carbocycles. The number of hydrogen-bond acceptors (Lipinski definition) is 3. The van der Waals surface area contributed by atoms with Gasteiger partial charge in [0, 0.05) is 26.6 Å². The van der Waals surface area contributed by atoms with E-state index in [0.717, 1.165) is 5.56 Å². The van der Waals surface area contributed by atoms with Crippen LogP contribution in [0.5, 0.6) is 0 Å². The van der Waals surface area contributed by atoms with Crippen LogP contribution < -0.4 is 10.6 Å². The van der Waals surface area contributed by atoms with E-state index in [1.807, 2.05) is 0 Å². The van der Waals surface area contributed by atoms with E-state index in [9.17, 15) is 9.18 Å². The summed E-state index contributed by atoms with van der Waals surface area (Å²) in [7, 11) is 1.67. The van der Waals surface area contributed by atoms with E-state index in [0.29, 0.717) is 38.5 Å². The number of guanidine groups is 1. The second-order valence-electron chi connectivity index (χ2n) is 4.39. The highest BCUT2D eigenvalue weighted by molar-refractivity contribution is 14.0. The molecule has 1 aromatic carbocycles. The molecule has 0 saturated carbocycles. The molecule has 0 fully saturated rings. The van der Waals surface area contributed by atoms with Gasteiger partial charge in [0.25, 0.3) is 0 Å². The van der Waals surface area contributed by atoms with Crippen LogP contribution in [-0.2, 0) is 16.1 Å². The van der Waals surface area contributed by atoms with E-state index >= 15 is 0 Å². The summed E-state index contributed by atoms with van der Waals surface area (Å²) in [6.45, 7) is 3.38. The van der Waals surface area contributed by atoms with E-state index in [1.165, 1.54) is 12.1 Å². The fourth-order valence-electron chi connectivity index (χ4n) is 1.68. The van der Waals surface area contributed by atoms with Gasteiger partial charge >= 0.3 is 5.97 Å². The van der Waals surface area contributed by atoms with Crippen LogP contribution in [0.25, 0.3) is 0 Å². The summed E-state index contributed by atoms with van der Waals surface area (Å²) in [4.78, 5) is 15.2. The lowest BCUT2D eigenvalue weighted by Gasteiger charge is -2.11. The fraction of sp³-hybridized carbons (Fsp3) is 0.467. The van der Waals surface area contributed by atoms with Crippen molar-refractivity contribution >= 4 is 35.9 Å². The first-order valence-corrected chi connectivity index (χ1v) is 7.00. The third kappa shape index (κ3) is 8.81. The quantitative estimate of drug-likeness (QED) is 0.233. The second-order valence-corrected chi connectivity index (χ2v) is 4.39. The Morgan fingerprint density at radius 3 is 2.55 bits per heavy atom. The highest BCUT2D eigenvalue weighted by atomic mass is 127. The lowest BCUT2D eigenvalue weighted by molar-refractivity contribution is -0.143. The maximum absolute atomic E-state index is 12.8. The number of benzene rings is 1. The number of aliphatic imine (C=N–C) groups is 1. The molecule has 0 bridgehead atoms. The van der Waals surface area contributed by atoms with Gasteiger partial charge in [-0.3, -0.25) is 9.79 Å². The first-order chi connectivity index (χ1) is 10.2. The Balaban J connectivity index is 0.00000441. The van der Waals surface area contributed by atoms with Gasteiger partial charge < -0.3 is 15.4 Å². The predicted molar refractivity (Wildman–Crippen MR) is 95.9 cm³/mol. The summed E-state index contributed by atoms with van der Waals surface area (Å²) < 4.78 is 17.6. The molecule has 124 valence electrons. The summed E-state index contributed by atoms with van der Waals surface area (Å²) in [6.07, 6.45) is 1.06. The van der Waals surface area contributed by atoms with Crippen LogP contribution in [0.1, 0.15) is 25.3 Å². The Kier molecular flexibility index (Phi) is 11.4. The smallest absolute Gasteiger partial charge is 0.305 e. The van der Waals surface area contributed by atoms with Crippen molar-refractivity contribution < 1.29 is 13.9 Å². The van der Waals surface area contributed by atoms with E-state index < -0.39 is 0 Å². The summed E-state index contributed by atoms with van der Waals surface area (Å²) >= 11 is 0. The molecule has 22 heavy (non-hydrogen) atoms. The number of hydrogen-bond donors (Lipinski definition) is 2. The second kappa shape index (κ2) is 12.2. The molecule has 0 radical (unpaired) electrons. The number of nitrogens with one attached hydrogen (secondary N) is 2. The number of halogens is 2. The van der Waals surface area contributed by atoms with Crippen LogP contribution >= 0.6 is 24.0 Å². The van der Waals surface area contributed by atoms with Gasteiger partial charge in [-0.25, -0.2) is 4.39 Å². The van der Waals surface area contributed by atoms with Gasteiger partial charge in [0.15, 0.2) is 5.96 Å². The Bertz CT molecular complexity index is 466. The highest BCUT2D eigenvalue weighted by Gasteiger charge is 2.02. The topological polar surface area (TPSA) is 62.7 Å². The van der Waals surface area contributed by atoms with Crippen molar-refractivity contribution in [3.8, 4) is 0 Å². The van der Waals surface area contributed by atoms with E-state index in [-0.39, 0.29) is 35.8 Å². The van der Waals surface area contributed by atoms with Gasteiger partial charge in [0.1, 0.15) is 5.82 Å². The van der Waals surface area contributed by atoms with Crippen molar-refractivity contribution in [2.24, 2.45) is 4.99 Å². The van der Waals surface area contributed by atoms with E-state index in [1.54, 1.807) is 26.1 Å². The normalized spacial score (nSPS) is 10.6. The molecule has 0 atom stereocenters. The summed E-state index contributed by atoms with van der Waals surface area (Å²) in [5, 5.41) is 6.22. The third-order valence-electron chi connectivity index (χ3n) is 2.75. The Morgan fingerprint density at radius 1 is 1.27 bits per heavy atom. The van der Waals surface area contributed by atoms with Crippen molar-refractivity contribution in [3.05, 3.63) is 35.6 Å². The molecule has 0 aliphatic rings. The SMILES string of the molecule is CCOC(=O)CCCNC(=NC)NCc1ccc(F)cc1.I. The van der Waals surface area contributed by atoms with Gasteiger partial charge in [-0.15, -0.1) is 24.0 Å². The molecule has 0 heterocycles. The Labute approximate surface area is 147 Å². The van der Waals surface area contributed by atoms with Crippen molar-refractivity contribution in [2.75, 3.05) is 20.2 Å². The molecule has 0 amide bonds. The molecule has 2 N–H and O–H groups in total. The maximum Gasteiger partial charge on any atom is 0.305 e. The molecule has 0 unspecified atom stereocenters. The Morgan fingerprint density at radius 2 is 1.95 bits per heavy atom. The summed E-state index contributed by atoms with van der Waals surface area (Å²) in [5.41, 5.74) is 0.964. The average molecular weight is 423 g/mol. The first-order valence-electron chi connectivity index (χ1n) is 7.00. The number of ether oxygens (including phenoxy) is 1. The van der Waals surface area contributed by atoms with Crippen molar-refractivity contribution in [1.82, 2.24) is 10.6 Å². The number of carbonyl (C=O) groups is 1. The van der Waals surface area contributed by atoms with Crippen LogP contribution in [0.2, 0.25) is 0 Å². The molecule has 0 aromatic heterocycles. The number of rotatable bonds is 7. The molecule has 0 spiro atoms. The Hall–Kier alpha value is -1.38.